The van der Waals surface area contributed by atoms with Crippen LogP contribution in [0.1, 0.15) is 39.4 Å². The molecule has 1 atom stereocenters. The van der Waals surface area contributed by atoms with Crippen LogP contribution >= 0.6 is 0 Å². The van der Waals surface area contributed by atoms with Crippen LogP contribution in [0.4, 0.5) is 4.39 Å². The average Bonchev–Trinajstić information content (AvgIpc) is 2.85. The van der Waals surface area contributed by atoms with Crippen LogP contribution in [0, 0.1) is 12.7 Å². The van der Waals surface area contributed by atoms with Crippen LogP contribution in [0.2, 0.25) is 0 Å². The molecule has 0 aromatic heterocycles. The SMILES string of the molecule is Cc1ccc(C(=O)C2CCc3ccccc32)cc1F. The van der Waals surface area contributed by atoms with Gasteiger partial charge in [-0.15, -0.1) is 0 Å². The van der Waals surface area contributed by atoms with E-state index in [4.69, 9.17) is 0 Å². The molecule has 0 N–H and O–H groups in total. The number of aryl methyl sites for hydroxylation is 2. The molecular formula is C17H15FO. The predicted molar refractivity (Wildman–Crippen MR) is 73.0 cm³/mol. The average molecular weight is 254 g/mol. The molecule has 1 aliphatic carbocycles. The molecule has 19 heavy (non-hydrogen) atoms. The fourth-order valence-corrected chi connectivity index (χ4v) is 2.78. The van der Waals surface area contributed by atoms with Gasteiger partial charge in [0.25, 0.3) is 0 Å². The summed E-state index contributed by atoms with van der Waals surface area (Å²) in [4.78, 5) is 12.5. The van der Waals surface area contributed by atoms with E-state index in [0.717, 1.165) is 18.4 Å². The number of carbonyl (C=O) groups excluding carboxylic acids is 1. The number of fused-ring (bicyclic) bond motifs is 1. The fourth-order valence-electron chi connectivity index (χ4n) is 2.78. The summed E-state index contributed by atoms with van der Waals surface area (Å²) in [6.07, 6.45) is 1.76. The number of carbonyl (C=O) groups is 1. The van der Waals surface area contributed by atoms with E-state index in [1.807, 2.05) is 18.2 Å². The highest BCUT2D eigenvalue weighted by molar-refractivity contribution is 6.01. The van der Waals surface area contributed by atoms with Gasteiger partial charge in [0, 0.05) is 11.5 Å². The number of halogens is 1. The van der Waals surface area contributed by atoms with Gasteiger partial charge < -0.3 is 0 Å². The van der Waals surface area contributed by atoms with E-state index in [9.17, 15) is 9.18 Å². The zero-order valence-corrected chi connectivity index (χ0v) is 10.8. The van der Waals surface area contributed by atoms with Crippen molar-refractivity contribution in [2.45, 2.75) is 25.7 Å². The highest BCUT2D eigenvalue weighted by atomic mass is 19.1. The predicted octanol–water partition coefficient (Wildman–Crippen LogP) is 4.05. The zero-order valence-electron chi connectivity index (χ0n) is 10.8. The molecule has 1 nitrogen and oxygen atoms in total. The van der Waals surface area contributed by atoms with Gasteiger partial charge in [0.15, 0.2) is 5.78 Å². The third-order valence-electron chi connectivity index (χ3n) is 3.91. The molecule has 2 heteroatoms. The van der Waals surface area contributed by atoms with Crippen LogP contribution in [-0.2, 0) is 6.42 Å². The van der Waals surface area contributed by atoms with Gasteiger partial charge in [-0.1, -0.05) is 36.4 Å². The first-order valence-corrected chi connectivity index (χ1v) is 6.55. The van der Waals surface area contributed by atoms with Crippen molar-refractivity contribution >= 4 is 5.78 Å². The van der Waals surface area contributed by atoms with Gasteiger partial charge in [-0.2, -0.15) is 0 Å². The van der Waals surface area contributed by atoms with Gasteiger partial charge in [0.1, 0.15) is 5.82 Å². The lowest BCUT2D eigenvalue weighted by molar-refractivity contribution is 0.0959. The maximum atomic E-state index is 13.6. The highest BCUT2D eigenvalue weighted by Crippen LogP contribution is 2.35. The minimum absolute atomic E-state index is 0.0313. The molecule has 96 valence electrons. The van der Waals surface area contributed by atoms with Crippen LogP contribution in [0.3, 0.4) is 0 Å². The number of hydrogen-bond acceptors (Lipinski definition) is 1. The largest absolute Gasteiger partial charge is 0.293 e. The van der Waals surface area contributed by atoms with Gasteiger partial charge in [-0.3, -0.25) is 4.79 Å². The molecule has 0 heterocycles. The maximum absolute atomic E-state index is 13.6. The summed E-state index contributed by atoms with van der Waals surface area (Å²) in [7, 11) is 0. The van der Waals surface area contributed by atoms with E-state index in [1.54, 1.807) is 19.1 Å². The van der Waals surface area contributed by atoms with E-state index in [-0.39, 0.29) is 17.5 Å². The van der Waals surface area contributed by atoms with Crippen molar-refractivity contribution in [3.8, 4) is 0 Å². The Balaban J connectivity index is 1.95. The Hall–Kier alpha value is -1.96. The molecule has 1 aliphatic rings. The van der Waals surface area contributed by atoms with Crippen molar-refractivity contribution in [2.75, 3.05) is 0 Å². The van der Waals surface area contributed by atoms with Crippen molar-refractivity contribution in [3.63, 3.8) is 0 Å². The van der Waals surface area contributed by atoms with E-state index in [0.29, 0.717) is 11.1 Å². The lowest BCUT2D eigenvalue weighted by atomic mass is 9.92. The molecule has 2 aromatic carbocycles. The zero-order chi connectivity index (χ0) is 13.4. The first kappa shape index (κ1) is 12.1. The minimum atomic E-state index is -0.308. The third kappa shape index (κ3) is 2.07. The molecule has 0 spiro atoms. The number of Topliss-reactive ketones (excluding diaryl/α,β-unsaturated/α-hetero) is 1. The van der Waals surface area contributed by atoms with Gasteiger partial charge in [-0.05, 0) is 42.5 Å². The lowest BCUT2D eigenvalue weighted by Crippen LogP contribution is -2.10. The number of ketones is 1. The summed E-state index contributed by atoms with van der Waals surface area (Å²) in [5.41, 5.74) is 3.40. The lowest BCUT2D eigenvalue weighted by Gasteiger charge is -2.11. The molecule has 0 saturated carbocycles. The summed E-state index contributed by atoms with van der Waals surface area (Å²) in [5, 5.41) is 0. The molecule has 0 amide bonds. The molecule has 0 saturated heterocycles. The molecule has 0 aliphatic heterocycles. The number of rotatable bonds is 2. The number of hydrogen-bond donors (Lipinski definition) is 0. The Kier molecular flexibility index (Phi) is 2.94. The Morgan fingerprint density at radius 1 is 1.21 bits per heavy atom. The highest BCUT2D eigenvalue weighted by Gasteiger charge is 2.29. The Bertz CT molecular complexity index is 645. The van der Waals surface area contributed by atoms with E-state index in [1.165, 1.54) is 11.6 Å². The van der Waals surface area contributed by atoms with Gasteiger partial charge in [0.05, 0.1) is 0 Å². The van der Waals surface area contributed by atoms with Crippen LogP contribution in [0.25, 0.3) is 0 Å². The quantitative estimate of drug-likeness (QED) is 0.739. The monoisotopic (exact) mass is 254 g/mol. The van der Waals surface area contributed by atoms with Crippen molar-refractivity contribution in [3.05, 3.63) is 70.5 Å². The normalized spacial score (nSPS) is 17.3. The van der Waals surface area contributed by atoms with Crippen molar-refractivity contribution in [1.29, 1.82) is 0 Å². The summed E-state index contributed by atoms with van der Waals surface area (Å²) < 4.78 is 13.6. The Morgan fingerprint density at radius 2 is 2.00 bits per heavy atom. The van der Waals surface area contributed by atoms with Crippen molar-refractivity contribution in [1.82, 2.24) is 0 Å². The van der Waals surface area contributed by atoms with Crippen LogP contribution in [0.15, 0.2) is 42.5 Å². The number of benzene rings is 2. The van der Waals surface area contributed by atoms with Crippen LogP contribution in [0.5, 0.6) is 0 Å². The summed E-state index contributed by atoms with van der Waals surface area (Å²) in [6.45, 7) is 1.70. The summed E-state index contributed by atoms with van der Waals surface area (Å²) >= 11 is 0. The van der Waals surface area contributed by atoms with Gasteiger partial charge in [0.2, 0.25) is 0 Å². The minimum Gasteiger partial charge on any atom is -0.293 e. The second-order valence-electron chi connectivity index (χ2n) is 5.12. The van der Waals surface area contributed by atoms with E-state index >= 15 is 0 Å². The van der Waals surface area contributed by atoms with E-state index < -0.39 is 0 Å². The second kappa shape index (κ2) is 4.61. The van der Waals surface area contributed by atoms with Crippen molar-refractivity contribution < 1.29 is 9.18 Å². The molecule has 2 aromatic rings. The van der Waals surface area contributed by atoms with Gasteiger partial charge in [-0.25, -0.2) is 4.39 Å². The van der Waals surface area contributed by atoms with Crippen LogP contribution in [-0.4, -0.2) is 5.78 Å². The maximum Gasteiger partial charge on any atom is 0.170 e. The molecule has 0 bridgehead atoms. The topological polar surface area (TPSA) is 17.1 Å². The third-order valence-corrected chi connectivity index (χ3v) is 3.91. The first-order chi connectivity index (χ1) is 9.16. The van der Waals surface area contributed by atoms with Gasteiger partial charge >= 0.3 is 0 Å². The molecule has 1 unspecified atom stereocenters. The Labute approximate surface area is 112 Å². The molecule has 0 fully saturated rings. The van der Waals surface area contributed by atoms with Crippen molar-refractivity contribution in [2.24, 2.45) is 0 Å². The molecule has 3 rings (SSSR count). The van der Waals surface area contributed by atoms with E-state index in [2.05, 4.69) is 6.07 Å². The summed E-state index contributed by atoms with van der Waals surface area (Å²) in [6, 6.07) is 12.8. The molecule has 0 radical (unpaired) electrons. The summed E-state index contributed by atoms with van der Waals surface area (Å²) in [5.74, 6) is -0.390. The van der Waals surface area contributed by atoms with Crippen LogP contribution < -0.4 is 0 Å². The standard InChI is InChI=1S/C17H15FO/c1-11-6-7-13(10-16(11)18)17(19)15-9-8-12-4-2-3-5-14(12)15/h2-7,10,15H,8-9H2,1H3. The first-order valence-electron chi connectivity index (χ1n) is 6.55. The fraction of sp³-hybridized carbons (Fsp3) is 0.235. The second-order valence-corrected chi connectivity index (χ2v) is 5.12. The Morgan fingerprint density at radius 3 is 2.79 bits per heavy atom. The molecular weight excluding hydrogens is 239 g/mol. The smallest absolute Gasteiger partial charge is 0.170 e.